The van der Waals surface area contributed by atoms with Crippen LogP contribution in [0.3, 0.4) is 0 Å². The fourth-order valence-electron chi connectivity index (χ4n) is 3.99. The van der Waals surface area contributed by atoms with Crippen LogP contribution in [0.1, 0.15) is 30.7 Å². The number of carbonyl (C=O) groups excluding carboxylic acids is 1. The molecule has 0 spiro atoms. The molecule has 1 aliphatic heterocycles. The molecule has 2 heterocycles. The van der Waals surface area contributed by atoms with Gasteiger partial charge in [0, 0.05) is 29.0 Å². The molecule has 2 amide bonds. The average Bonchev–Trinajstić information content (AvgIpc) is 3.03. The number of nitrogens with one attached hydrogen (secondary N) is 1. The number of benzene rings is 2. The van der Waals surface area contributed by atoms with Gasteiger partial charge in [0.05, 0.1) is 17.1 Å². The summed E-state index contributed by atoms with van der Waals surface area (Å²) in [5.74, 6) is -0.256. The van der Waals surface area contributed by atoms with Crippen LogP contribution in [0.2, 0.25) is 0 Å². The first-order chi connectivity index (χ1) is 14.8. The van der Waals surface area contributed by atoms with Gasteiger partial charge in [-0.1, -0.05) is 26.0 Å². The molecule has 0 aliphatic carbocycles. The molecule has 1 aliphatic rings. The van der Waals surface area contributed by atoms with Crippen LogP contribution in [0.5, 0.6) is 0 Å². The first-order valence-corrected chi connectivity index (χ1v) is 11.5. The van der Waals surface area contributed by atoms with Crippen LogP contribution in [0.25, 0.3) is 11.3 Å². The van der Waals surface area contributed by atoms with Gasteiger partial charge in [-0.25, -0.2) is 14.2 Å². The highest BCUT2D eigenvalue weighted by atomic mass is 32.2. The molecule has 0 atom stereocenters. The summed E-state index contributed by atoms with van der Waals surface area (Å²) in [5, 5.41) is 3.03. The van der Waals surface area contributed by atoms with Crippen molar-refractivity contribution in [3.63, 3.8) is 0 Å². The van der Waals surface area contributed by atoms with Gasteiger partial charge in [0.15, 0.2) is 0 Å². The minimum Gasteiger partial charge on any atom is -0.334 e. The molecule has 160 valence electrons. The molecule has 31 heavy (non-hydrogen) atoms. The number of amides is 2. The standard InChI is InChI=1S/C25H26FN3OS/c1-16-13-18(26)7-10-20(16)21-11-12-22-23(28-21)25(2,3)15-29(22)24(30)27-14-17-5-8-19(31-4)9-6-17/h5-13H,14-15H2,1-4H3,(H,27,30). The fraction of sp³-hybridized carbons (Fsp3) is 0.280. The highest BCUT2D eigenvalue weighted by molar-refractivity contribution is 7.98. The molecule has 0 bridgehead atoms. The second kappa shape index (κ2) is 8.35. The Hall–Kier alpha value is -2.86. The second-order valence-corrected chi connectivity index (χ2v) is 9.38. The summed E-state index contributed by atoms with van der Waals surface area (Å²) in [6.45, 7) is 7.09. The predicted octanol–water partition coefficient (Wildman–Crippen LogP) is 5.93. The molecule has 0 radical (unpaired) electrons. The van der Waals surface area contributed by atoms with Crippen LogP contribution in [0.15, 0.2) is 59.5 Å². The Balaban J connectivity index is 1.56. The van der Waals surface area contributed by atoms with E-state index in [0.717, 1.165) is 33.8 Å². The highest BCUT2D eigenvalue weighted by Gasteiger charge is 2.39. The number of hydrogen-bond acceptors (Lipinski definition) is 3. The molecule has 0 saturated heterocycles. The number of rotatable bonds is 4. The predicted molar refractivity (Wildman–Crippen MR) is 125 cm³/mol. The largest absolute Gasteiger partial charge is 0.334 e. The van der Waals surface area contributed by atoms with Gasteiger partial charge < -0.3 is 5.32 Å². The van der Waals surface area contributed by atoms with E-state index in [2.05, 4.69) is 31.3 Å². The van der Waals surface area contributed by atoms with Gasteiger partial charge in [0.1, 0.15) is 5.82 Å². The Bertz CT molecular complexity index is 1130. The van der Waals surface area contributed by atoms with E-state index in [9.17, 15) is 9.18 Å². The van der Waals surface area contributed by atoms with Crippen LogP contribution in [0.4, 0.5) is 14.9 Å². The molecule has 2 aromatic carbocycles. The minimum absolute atomic E-state index is 0.131. The van der Waals surface area contributed by atoms with Gasteiger partial charge in [0.25, 0.3) is 0 Å². The Kier molecular flexibility index (Phi) is 5.75. The van der Waals surface area contributed by atoms with E-state index in [0.29, 0.717) is 13.1 Å². The van der Waals surface area contributed by atoms with Crippen LogP contribution >= 0.6 is 11.8 Å². The van der Waals surface area contributed by atoms with Crippen molar-refractivity contribution in [2.75, 3.05) is 17.7 Å². The average molecular weight is 436 g/mol. The molecule has 1 N–H and O–H groups in total. The first-order valence-electron chi connectivity index (χ1n) is 10.2. The van der Waals surface area contributed by atoms with Crippen molar-refractivity contribution in [3.05, 3.63) is 77.2 Å². The van der Waals surface area contributed by atoms with Crippen molar-refractivity contribution in [2.45, 2.75) is 37.6 Å². The molecule has 3 aromatic rings. The number of aryl methyl sites for hydroxylation is 1. The third kappa shape index (κ3) is 4.30. The van der Waals surface area contributed by atoms with Crippen LogP contribution in [0, 0.1) is 12.7 Å². The normalized spacial score (nSPS) is 14.4. The Morgan fingerprint density at radius 3 is 2.58 bits per heavy atom. The SMILES string of the molecule is CSc1ccc(CNC(=O)N2CC(C)(C)c3nc(-c4ccc(F)cc4C)ccc32)cc1. The number of fused-ring (bicyclic) bond motifs is 1. The van der Waals surface area contributed by atoms with E-state index in [4.69, 9.17) is 4.98 Å². The topological polar surface area (TPSA) is 45.2 Å². The zero-order valence-corrected chi connectivity index (χ0v) is 19.0. The number of nitrogens with zero attached hydrogens (tertiary/aromatic N) is 2. The number of aromatic nitrogens is 1. The summed E-state index contributed by atoms with van der Waals surface area (Å²) in [4.78, 5) is 20.8. The summed E-state index contributed by atoms with van der Waals surface area (Å²) in [6.07, 6.45) is 2.04. The quantitative estimate of drug-likeness (QED) is 0.517. The van der Waals surface area contributed by atoms with Crippen LogP contribution in [-0.2, 0) is 12.0 Å². The molecule has 6 heteroatoms. The lowest BCUT2D eigenvalue weighted by molar-refractivity contribution is 0.245. The molecular weight excluding hydrogens is 409 g/mol. The van der Waals surface area contributed by atoms with Crippen molar-refractivity contribution in [1.82, 2.24) is 10.3 Å². The van der Waals surface area contributed by atoms with E-state index in [1.54, 1.807) is 22.7 Å². The summed E-state index contributed by atoms with van der Waals surface area (Å²) >= 11 is 1.69. The number of hydrogen-bond donors (Lipinski definition) is 1. The van der Waals surface area contributed by atoms with Gasteiger partial charge in [-0.05, 0) is 66.8 Å². The van der Waals surface area contributed by atoms with Crippen molar-refractivity contribution < 1.29 is 9.18 Å². The lowest BCUT2D eigenvalue weighted by atomic mass is 9.91. The van der Waals surface area contributed by atoms with Gasteiger partial charge in [-0.3, -0.25) is 4.90 Å². The van der Waals surface area contributed by atoms with E-state index in [1.165, 1.54) is 17.0 Å². The Morgan fingerprint density at radius 1 is 1.16 bits per heavy atom. The van der Waals surface area contributed by atoms with Crippen LogP contribution < -0.4 is 10.2 Å². The highest BCUT2D eigenvalue weighted by Crippen LogP contribution is 2.40. The fourth-order valence-corrected chi connectivity index (χ4v) is 4.39. The number of anilines is 1. The maximum Gasteiger partial charge on any atom is 0.322 e. The number of pyridine rings is 1. The third-order valence-electron chi connectivity index (χ3n) is 5.67. The molecule has 0 fully saturated rings. The van der Waals surface area contributed by atoms with Gasteiger partial charge in [0.2, 0.25) is 0 Å². The zero-order chi connectivity index (χ0) is 22.2. The lowest BCUT2D eigenvalue weighted by Gasteiger charge is -2.20. The van der Waals surface area contributed by atoms with E-state index in [-0.39, 0.29) is 17.3 Å². The van der Waals surface area contributed by atoms with Crippen molar-refractivity contribution in [2.24, 2.45) is 0 Å². The molecular formula is C25H26FN3OS. The number of halogens is 1. The van der Waals surface area contributed by atoms with Crippen LogP contribution in [-0.4, -0.2) is 23.8 Å². The van der Waals surface area contributed by atoms with Gasteiger partial charge in [-0.2, -0.15) is 0 Å². The molecule has 4 rings (SSSR count). The first kappa shape index (κ1) is 21.4. The smallest absolute Gasteiger partial charge is 0.322 e. The monoisotopic (exact) mass is 435 g/mol. The Morgan fingerprint density at radius 2 is 1.90 bits per heavy atom. The van der Waals surface area contributed by atoms with E-state index in [1.807, 2.05) is 37.4 Å². The molecule has 0 unspecified atom stereocenters. The van der Waals surface area contributed by atoms with Gasteiger partial charge in [-0.15, -0.1) is 11.8 Å². The molecule has 4 nitrogen and oxygen atoms in total. The summed E-state index contributed by atoms with van der Waals surface area (Å²) in [6, 6.07) is 16.6. The van der Waals surface area contributed by atoms with Crippen molar-refractivity contribution in [1.29, 1.82) is 0 Å². The second-order valence-electron chi connectivity index (χ2n) is 8.50. The minimum atomic E-state index is -0.281. The molecule has 0 saturated carbocycles. The summed E-state index contributed by atoms with van der Waals surface area (Å²) in [5.41, 5.74) is 5.01. The molecule has 1 aromatic heterocycles. The summed E-state index contributed by atoms with van der Waals surface area (Å²) < 4.78 is 13.5. The van der Waals surface area contributed by atoms with Crippen molar-refractivity contribution >= 4 is 23.5 Å². The van der Waals surface area contributed by atoms with E-state index < -0.39 is 0 Å². The number of urea groups is 1. The summed E-state index contributed by atoms with van der Waals surface area (Å²) in [7, 11) is 0. The maximum atomic E-state index is 13.5. The zero-order valence-electron chi connectivity index (χ0n) is 18.2. The maximum absolute atomic E-state index is 13.5. The Labute approximate surface area is 186 Å². The number of thioether (sulfide) groups is 1. The number of carbonyl (C=O) groups is 1. The van der Waals surface area contributed by atoms with Crippen molar-refractivity contribution in [3.8, 4) is 11.3 Å². The third-order valence-corrected chi connectivity index (χ3v) is 6.42. The van der Waals surface area contributed by atoms with E-state index >= 15 is 0 Å². The lowest BCUT2D eigenvalue weighted by Crippen LogP contribution is -2.41. The van der Waals surface area contributed by atoms with Gasteiger partial charge >= 0.3 is 6.03 Å².